The van der Waals surface area contributed by atoms with Crippen LogP contribution in [0.1, 0.15) is 67.7 Å². The predicted molar refractivity (Wildman–Crippen MR) is 310 cm³/mol. The van der Waals surface area contributed by atoms with E-state index in [9.17, 15) is 53.7 Å². The lowest BCUT2D eigenvalue weighted by Gasteiger charge is -2.40. The zero-order valence-corrected chi connectivity index (χ0v) is 47.1. The summed E-state index contributed by atoms with van der Waals surface area (Å²) in [6.45, 7) is 3.09. The molecule has 10 atom stereocenters. The molecule has 81 heavy (non-hydrogen) atoms. The van der Waals surface area contributed by atoms with Crippen molar-refractivity contribution in [1.82, 2.24) is 37.2 Å². The molecule has 4 aromatic rings. The maximum atomic E-state index is 14.8. The number of amides is 8. The minimum atomic E-state index is -1.86. The molecule has 2 saturated heterocycles. The van der Waals surface area contributed by atoms with Gasteiger partial charge in [0.05, 0.1) is 17.4 Å². The average Bonchev–Trinajstić information content (AvgIpc) is 3.49. The number of halogens is 1. The number of phenolic OH excluding ortho intramolecular Hbond substituents is 2. The van der Waals surface area contributed by atoms with Crippen molar-refractivity contribution < 1.29 is 53.7 Å². The molecule has 2 fully saturated rings. The molecule has 0 radical (unpaired) electrons. The summed E-state index contributed by atoms with van der Waals surface area (Å²) >= 11 is 6.09. The first-order valence-corrected chi connectivity index (χ1v) is 29.5. The molecule has 436 valence electrons. The van der Waals surface area contributed by atoms with Crippen LogP contribution in [0.25, 0.3) is 0 Å². The lowest BCUT2D eigenvalue weighted by Crippen LogP contribution is -2.71. The number of carbonyl (C=O) groups excluding carboxylic acids is 8. The zero-order valence-electron chi connectivity index (χ0n) is 44.7. The van der Waals surface area contributed by atoms with Crippen molar-refractivity contribution in [1.29, 1.82) is 0 Å². The predicted octanol–water partition coefficient (Wildman–Crippen LogP) is 1.10. The quantitative estimate of drug-likeness (QED) is 0.0387. The largest absolute Gasteiger partial charge is 0.508 e. The fourth-order valence-electron chi connectivity index (χ4n) is 9.03. The van der Waals surface area contributed by atoms with Gasteiger partial charge in [0.15, 0.2) is 0 Å². The Morgan fingerprint density at radius 2 is 1.22 bits per heavy atom. The van der Waals surface area contributed by atoms with E-state index in [0.717, 1.165) is 53.1 Å². The summed E-state index contributed by atoms with van der Waals surface area (Å²) in [6, 6.07) is 13.9. The van der Waals surface area contributed by atoms with Gasteiger partial charge >= 0.3 is 0 Å². The summed E-state index contributed by atoms with van der Waals surface area (Å²) in [7, 11) is 1.70. The second kappa shape index (κ2) is 31.2. The van der Waals surface area contributed by atoms with Gasteiger partial charge in [0.25, 0.3) is 0 Å². The molecule has 0 aromatic heterocycles. The number of phenols is 2. The number of carbonyl (C=O) groups is 8. The van der Waals surface area contributed by atoms with Crippen LogP contribution in [0.15, 0.2) is 97.1 Å². The molecule has 4 aromatic carbocycles. The number of rotatable bonds is 22. The van der Waals surface area contributed by atoms with Crippen LogP contribution >= 0.6 is 33.2 Å². The van der Waals surface area contributed by atoms with E-state index in [0.29, 0.717) is 40.1 Å². The van der Waals surface area contributed by atoms with Crippen molar-refractivity contribution >= 4 is 86.1 Å². The zero-order chi connectivity index (χ0) is 58.6. The number of piperidine rings is 1. The molecule has 2 heterocycles. The number of nitrogens with one attached hydrogen (secondary N) is 8. The van der Waals surface area contributed by atoms with Gasteiger partial charge in [-0.3, -0.25) is 38.4 Å². The van der Waals surface area contributed by atoms with Gasteiger partial charge in [0.1, 0.15) is 53.8 Å². The van der Waals surface area contributed by atoms with Gasteiger partial charge in [0.2, 0.25) is 47.3 Å². The molecular formula is C56H72ClN11O11S2. The minimum absolute atomic E-state index is 0.00285. The Morgan fingerprint density at radius 3 is 1.81 bits per heavy atom. The Kier molecular flexibility index (Phi) is 24.3. The number of aliphatic hydroxyl groups is 1. The Morgan fingerprint density at radius 1 is 0.679 bits per heavy atom. The van der Waals surface area contributed by atoms with Crippen molar-refractivity contribution in [3.63, 3.8) is 0 Å². The van der Waals surface area contributed by atoms with E-state index in [4.69, 9.17) is 28.8 Å². The summed E-state index contributed by atoms with van der Waals surface area (Å²) in [5, 5.41) is 53.3. The first-order valence-electron chi connectivity index (χ1n) is 26.8. The maximum absolute atomic E-state index is 14.8. The van der Waals surface area contributed by atoms with Gasteiger partial charge in [0, 0.05) is 42.3 Å². The molecule has 0 aliphatic carbocycles. The number of hydrogen-bond donors (Lipinski definition) is 14. The van der Waals surface area contributed by atoms with E-state index < -0.39 is 107 Å². The Bertz CT molecular complexity index is 2790. The Hall–Kier alpha value is -7.09. The van der Waals surface area contributed by atoms with Crippen molar-refractivity contribution in [3.8, 4) is 11.5 Å². The number of unbranched alkanes of at least 4 members (excludes halogenated alkanes) is 3. The fraction of sp³-hybridized carbons (Fsp3) is 0.429. The van der Waals surface area contributed by atoms with Crippen molar-refractivity contribution in [2.24, 2.45) is 17.2 Å². The molecule has 2 aliphatic heterocycles. The number of aliphatic hydroxyl groups excluding tert-OH is 1. The number of benzene rings is 4. The van der Waals surface area contributed by atoms with E-state index in [2.05, 4.69) is 49.5 Å². The highest BCUT2D eigenvalue weighted by molar-refractivity contribution is 8.77. The second-order valence-corrected chi connectivity index (χ2v) is 23.0. The van der Waals surface area contributed by atoms with Gasteiger partial charge in [-0.2, -0.15) is 0 Å². The van der Waals surface area contributed by atoms with Crippen LogP contribution in [0.2, 0.25) is 5.02 Å². The second-order valence-electron chi connectivity index (χ2n) is 20.0. The number of anilines is 1. The van der Waals surface area contributed by atoms with E-state index in [-0.39, 0.29) is 55.9 Å². The third-order valence-corrected chi connectivity index (χ3v) is 16.8. The van der Waals surface area contributed by atoms with Gasteiger partial charge < -0.3 is 75.1 Å². The van der Waals surface area contributed by atoms with Crippen LogP contribution in [-0.2, 0) is 64.0 Å². The van der Waals surface area contributed by atoms with E-state index in [1.807, 2.05) is 12.1 Å². The SMILES string of the molecule is CCCCCNc1ccc(C[C@H]2NC(=O)[C@H](Cc3ccc(O)cc3)NC(=O)[C@H](NC(=O)[C@@H](N)Cc3ccc(Cl)cc3)CSSC3[C@@H](C(=O)N[C@H](Cc4ccc(O)cc4)C(N)=O)NC(=O)[C@@H](NC(=O)[C@H](CCCCN)NC2=O)[C@@H]3O)cc1. The smallest absolute Gasteiger partial charge is 0.246 e. The van der Waals surface area contributed by atoms with Crippen molar-refractivity contribution in [3.05, 3.63) is 124 Å². The molecule has 17 N–H and O–H groups in total. The van der Waals surface area contributed by atoms with Gasteiger partial charge in [-0.15, -0.1) is 0 Å². The lowest BCUT2D eigenvalue weighted by atomic mass is 9.94. The molecule has 0 saturated carbocycles. The number of primary amides is 1. The van der Waals surface area contributed by atoms with Crippen LogP contribution in [0, 0.1) is 0 Å². The van der Waals surface area contributed by atoms with Crippen LogP contribution < -0.4 is 59.7 Å². The van der Waals surface area contributed by atoms with Crippen molar-refractivity contribution in [2.75, 3.05) is 24.2 Å². The van der Waals surface area contributed by atoms with E-state index in [1.165, 1.54) is 36.4 Å². The third kappa shape index (κ3) is 19.3. The van der Waals surface area contributed by atoms with Crippen LogP contribution in [0.3, 0.4) is 0 Å². The molecule has 0 spiro atoms. The Labute approximate surface area is 482 Å². The van der Waals surface area contributed by atoms with Crippen molar-refractivity contribution in [2.45, 2.75) is 131 Å². The first kappa shape index (κ1) is 63.1. The summed E-state index contributed by atoms with van der Waals surface area (Å²) in [4.78, 5) is 114. The number of nitrogens with two attached hydrogens (primary N) is 3. The standard InChI is InChI=1S/C56H72ClN11O11S2/c1-2-3-6-25-61-36-18-10-32(11-19-36)28-42-52(75)62-40(7-4-5-24-58)51(74)67-45-47(71)48(46(68-55(45)78)56(79)63-41(49(60)72)27-33-12-20-37(69)21-13-33)81-80-30-44(66-50(73)39(59)26-31-8-16-35(57)17-9-31)54(77)65-43(53(76)64-42)29-34-14-22-38(70)23-15-34/h8-23,39-48,61,69-71H,2-7,24-30,58-59H2,1H3,(H2,60,72)(H,62,75)(H,63,79)(H,64,76)(H,65,77)(H,66,73)(H,67,74)(H,68,78)/t39-,40-,41+,42+,43-,44+,45-,46-,47-,48?/m0/s1. The molecule has 1 unspecified atom stereocenters. The van der Waals surface area contributed by atoms with Gasteiger partial charge in [-0.1, -0.05) is 101 Å². The molecule has 25 heteroatoms. The minimum Gasteiger partial charge on any atom is -0.508 e. The monoisotopic (exact) mass is 1170 g/mol. The highest BCUT2D eigenvalue weighted by Gasteiger charge is 2.49. The normalized spacial score (nSPS) is 22.7. The molecule has 2 bridgehead atoms. The highest BCUT2D eigenvalue weighted by Crippen LogP contribution is 2.35. The highest BCUT2D eigenvalue weighted by atomic mass is 35.5. The van der Waals surface area contributed by atoms with Crippen LogP contribution in [0.4, 0.5) is 5.69 Å². The number of aromatic hydroxyl groups is 2. The summed E-state index contributed by atoms with van der Waals surface area (Å²) in [5.41, 5.74) is 21.1. The van der Waals surface area contributed by atoms with Gasteiger partial charge in [-0.25, -0.2) is 0 Å². The number of fused-ring (bicyclic) bond motifs is 2. The first-order chi connectivity index (χ1) is 38.8. The third-order valence-electron chi connectivity index (χ3n) is 13.7. The summed E-state index contributed by atoms with van der Waals surface area (Å²) in [5.74, 6) is -7.52. The Balaban J connectivity index is 1.39. The van der Waals surface area contributed by atoms with E-state index in [1.54, 1.807) is 48.5 Å². The topological polar surface area (TPSA) is 372 Å². The lowest BCUT2D eigenvalue weighted by molar-refractivity contribution is -0.140. The van der Waals surface area contributed by atoms with Crippen LogP contribution in [-0.4, -0.2) is 141 Å². The average molecular weight is 1170 g/mol. The maximum Gasteiger partial charge on any atom is 0.246 e. The molecule has 22 nitrogen and oxygen atoms in total. The molecule has 8 amide bonds. The summed E-state index contributed by atoms with van der Waals surface area (Å²) in [6.07, 6.45) is 1.57. The fourth-order valence-corrected chi connectivity index (χ4v) is 12.1. The summed E-state index contributed by atoms with van der Waals surface area (Å²) < 4.78 is 0. The molecule has 2 aliphatic rings. The molecule has 6 rings (SSSR count). The van der Waals surface area contributed by atoms with Gasteiger partial charge in [-0.05, 0) is 109 Å². The van der Waals surface area contributed by atoms with Crippen LogP contribution in [0.5, 0.6) is 11.5 Å². The van der Waals surface area contributed by atoms with E-state index >= 15 is 0 Å². The molecular weight excluding hydrogens is 1100 g/mol. The number of hydrogen-bond acceptors (Lipinski definition) is 16.